The Labute approximate surface area is 125 Å². The third-order valence-corrected chi connectivity index (χ3v) is 3.79. The van der Waals surface area contributed by atoms with Crippen LogP contribution in [0.2, 0.25) is 0 Å². The average molecular weight is 272 g/mol. The topological polar surface area (TPSA) is 4.44 Å². The maximum atomic E-state index is 2.37. The standard InChI is InChI=1S/C19H29N/c1-6-12-17(13-7-2)19(20(8-3)16(4)5)18-14-10-9-11-15-18/h6,9-16,19H,7-8H2,1-5H3/p+1/b12-6-,17-13+. The first-order valence-electron chi connectivity index (χ1n) is 7.88. The van der Waals surface area contributed by atoms with Crippen LogP contribution < -0.4 is 4.90 Å². The maximum Gasteiger partial charge on any atom is 0.139 e. The van der Waals surface area contributed by atoms with Gasteiger partial charge in [-0.2, -0.15) is 0 Å². The zero-order valence-corrected chi connectivity index (χ0v) is 13.7. The lowest BCUT2D eigenvalue weighted by atomic mass is 9.94. The molecule has 1 N–H and O–H groups in total. The van der Waals surface area contributed by atoms with Crippen molar-refractivity contribution in [1.29, 1.82) is 0 Å². The van der Waals surface area contributed by atoms with Crippen LogP contribution in [0.3, 0.4) is 0 Å². The third kappa shape index (κ3) is 4.35. The molecule has 0 heterocycles. The van der Waals surface area contributed by atoms with Crippen LogP contribution in [-0.4, -0.2) is 12.6 Å². The number of hydrogen-bond donors (Lipinski definition) is 1. The molecule has 0 saturated heterocycles. The Morgan fingerprint density at radius 3 is 2.25 bits per heavy atom. The number of nitrogens with one attached hydrogen (secondary N) is 1. The largest absolute Gasteiger partial charge is 0.323 e. The van der Waals surface area contributed by atoms with E-state index in [-0.39, 0.29) is 0 Å². The summed E-state index contributed by atoms with van der Waals surface area (Å²) in [6, 6.07) is 11.9. The Balaban J connectivity index is 3.29. The number of benzene rings is 1. The molecule has 0 radical (unpaired) electrons. The van der Waals surface area contributed by atoms with Crippen molar-refractivity contribution in [3.8, 4) is 0 Å². The maximum absolute atomic E-state index is 2.37. The number of hydrogen-bond acceptors (Lipinski definition) is 0. The highest BCUT2D eigenvalue weighted by atomic mass is 15.2. The Hall–Kier alpha value is -1.34. The van der Waals surface area contributed by atoms with Gasteiger partial charge in [0, 0.05) is 11.1 Å². The molecular formula is C19H30N+. The van der Waals surface area contributed by atoms with E-state index >= 15 is 0 Å². The quantitative estimate of drug-likeness (QED) is 0.717. The highest BCUT2D eigenvalue weighted by Gasteiger charge is 2.27. The van der Waals surface area contributed by atoms with Crippen molar-refractivity contribution < 1.29 is 4.90 Å². The second-order valence-electron chi connectivity index (χ2n) is 5.54. The van der Waals surface area contributed by atoms with Crippen LogP contribution in [0.1, 0.15) is 52.6 Å². The van der Waals surface area contributed by atoms with E-state index in [1.165, 1.54) is 11.1 Å². The predicted molar refractivity (Wildman–Crippen MR) is 89.0 cm³/mol. The normalized spacial score (nSPS) is 15.8. The van der Waals surface area contributed by atoms with Gasteiger partial charge in [-0.15, -0.1) is 0 Å². The molecule has 20 heavy (non-hydrogen) atoms. The summed E-state index contributed by atoms with van der Waals surface area (Å²) in [7, 11) is 0. The highest BCUT2D eigenvalue weighted by Crippen LogP contribution is 2.21. The minimum absolute atomic E-state index is 0.428. The molecule has 0 bridgehead atoms. The molecule has 1 heteroatoms. The lowest BCUT2D eigenvalue weighted by Crippen LogP contribution is -3.15. The van der Waals surface area contributed by atoms with Gasteiger partial charge in [0.1, 0.15) is 6.04 Å². The summed E-state index contributed by atoms with van der Waals surface area (Å²) in [6.07, 6.45) is 7.89. The van der Waals surface area contributed by atoms with Crippen LogP contribution in [0.5, 0.6) is 0 Å². The van der Waals surface area contributed by atoms with Gasteiger partial charge in [-0.3, -0.25) is 0 Å². The first kappa shape index (κ1) is 16.7. The molecule has 1 aromatic carbocycles. The molecule has 0 aliphatic rings. The van der Waals surface area contributed by atoms with Crippen LogP contribution in [-0.2, 0) is 0 Å². The molecule has 1 nitrogen and oxygen atoms in total. The second kappa shape index (κ2) is 8.76. The van der Waals surface area contributed by atoms with Crippen LogP contribution in [0.25, 0.3) is 0 Å². The van der Waals surface area contributed by atoms with Crippen LogP contribution >= 0.6 is 0 Å². The van der Waals surface area contributed by atoms with Gasteiger partial charge in [0.05, 0.1) is 12.6 Å². The lowest BCUT2D eigenvalue weighted by molar-refractivity contribution is -0.944. The van der Waals surface area contributed by atoms with E-state index in [0.29, 0.717) is 12.1 Å². The molecule has 2 unspecified atom stereocenters. The van der Waals surface area contributed by atoms with Crippen LogP contribution in [0.15, 0.2) is 54.1 Å². The van der Waals surface area contributed by atoms with Gasteiger partial charge in [0.15, 0.2) is 0 Å². The molecule has 0 saturated carbocycles. The first-order valence-corrected chi connectivity index (χ1v) is 7.88. The molecule has 1 aromatic rings. The van der Waals surface area contributed by atoms with E-state index in [2.05, 4.69) is 83.2 Å². The summed E-state index contributed by atoms with van der Waals surface area (Å²) < 4.78 is 0. The summed E-state index contributed by atoms with van der Waals surface area (Å²) in [6.45, 7) is 12.4. The van der Waals surface area contributed by atoms with Gasteiger partial charge < -0.3 is 4.90 Å². The Bertz CT molecular complexity index is 428. The van der Waals surface area contributed by atoms with E-state index in [0.717, 1.165) is 13.0 Å². The third-order valence-electron chi connectivity index (χ3n) is 3.79. The lowest BCUT2D eigenvalue weighted by Gasteiger charge is -2.32. The van der Waals surface area contributed by atoms with Crippen molar-refractivity contribution in [3.63, 3.8) is 0 Å². The highest BCUT2D eigenvalue weighted by molar-refractivity contribution is 5.32. The van der Waals surface area contributed by atoms with Crippen molar-refractivity contribution in [2.24, 2.45) is 0 Å². The average Bonchev–Trinajstić information content (AvgIpc) is 2.45. The van der Waals surface area contributed by atoms with E-state index in [9.17, 15) is 0 Å². The molecule has 0 fully saturated rings. The number of allylic oxidation sites excluding steroid dienone is 2. The fourth-order valence-electron chi connectivity index (χ4n) is 2.92. The van der Waals surface area contributed by atoms with Crippen molar-refractivity contribution in [1.82, 2.24) is 0 Å². The van der Waals surface area contributed by atoms with E-state index < -0.39 is 0 Å². The van der Waals surface area contributed by atoms with Gasteiger partial charge in [-0.05, 0) is 34.1 Å². The fraction of sp³-hybridized carbons (Fsp3) is 0.474. The molecule has 0 aliphatic carbocycles. The molecule has 110 valence electrons. The van der Waals surface area contributed by atoms with Crippen LogP contribution in [0, 0.1) is 0 Å². The van der Waals surface area contributed by atoms with Gasteiger partial charge in [0.2, 0.25) is 0 Å². The van der Waals surface area contributed by atoms with Gasteiger partial charge in [-0.25, -0.2) is 0 Å². The van der Waals surface area contributed by atoms with Crippen LogP contribution in [0.4, 0.5) is 0 Å². The minimum atomic E-state index is 0.428. The van der Waals surface area contributed by atoms with E-state index in [1.54, 1.807) is 4.90 Å². The van der Waals surface area contributed by atoms with Crippen molar-refractivity contribution in [2.45, 2.75) is 53.1 Å². The fourth-order valence-corrected chi connectivity index (χ4v) is 2.92. The minimum Gasteiger partial charge on any atom is -0.323 e. The smallest absolute Gasteiger partial charge is 0.139 e. The van der Waals surface area contributed by atoms with E-state index in [4.69, 9.17) is 0 Å². The van der Waals surface area contributed by atoms with Gasteiger partial charge >= 0.3 is 0 Å². The van der Waals surface area contributed by atoms with E-state index in [1.807, 2.05) is 0 Å². The molecular weight excluding hydrogens is 242 g/mol. The number of quaternary nitrogens is 1. The van der Waals surface area contributed by atoms with Gasteiger partial charge in [-0.1, -0.05) is 55.5 Å². The Morgan fingerprint density at radius 2 is 1.80 bits per heavy atom. The van der Waals surface area contributed by atoms with Crippen molar-refractivity contribution in [3.05, 3.63) is 59.7 Å². The molecule has 0 spiro atoms. The number of rotatable bonds is 7. The Kier molecular flexibility index (Phi) is 7.32. The number of likely N-dealkylation sites (N-methyl/N-ethyl adjacent to an activating group) is 1. The zero-order chi connectivity index (χ0) is 15.0. The molecule has 0 amide bonds. The summed E-state index contributed by atoms with van der Waals surface area (Å²) in [5.74, 6) is 0. The SMILES string of the molecule is C/C=C\C(=C/CC)C(c1ccccc1)[NH+](CC)C(C)C. The van der Waals surface area contributed by atoms with Crippen molar-refractivity contribution in [2.75, 3.05) is 6.54 Å². The molecule has 1 rings (SSSR count). The van der Waals surface area contributed by atoms with Gasteiger partial charge in [0.25, 0.3) is 0 Å². The Morgan fingerprint density at radius 1 is 1.15 bits per heavy atom. The summed E-state index contributed by atoms with van der Waals surface area (Å²) in [5, 5.41) is 0. The molecule has 0 aliphatic heterocycles. The summed E-state index contributed by atoms with van der Waals surface area (Å²) in [4.78, 5) is 1.62. The first-order chi connectivity index (χ1) is 9.65. The zero-order valence-electron chi connectivity index (χ0n) is 13.7. The molecule has 2 atom stereocenters. The van der Waals surface area contributed by atoms with Crippen molar-refractivity contribution >= 4 is 0 Å². The molecule has 0 aromatic heterocycles. The monoisotopic (exact) mass is 272 g/mol. The second-order valence-corrected chi connectivity index (χ2v) is 5.54. The predicted octanol–water partition coefficient (Wildman–Crippen LogP) is 3.95. The summed E-state index contributed by atoms with van der Waals surface area (Å²) in [5.41, 5.74) is 2.85. The summed E-state index contributed by atoms with van der Waals surface area (Å²) >= 11 is 0.